The second-order valence-electron chi connectivity index (χ2n) is 7.44. The summed E-state index contributed by atoms with van der Waals surface area (Å²) in [6.45, 7) is 8.19. The number of carboxylic acids is 1. The van der Waals surface area contributed by atoms with E-state index in [0.29, 0.717) is 12.0 Å². The first-order chi connectivity index (χ1) is 11.0. The maximum absolute atomic E-state index is 10.6. The Kier molecular flexibility index (Phi) is 15.5. The molecule has 0 spiro atoms. The molecule has 0 saturated heterocycles. The Balaban J connectivity index is 3.08. The summed E-state index contributed by atoms with van der Waals surface area (Å²) in [5, 5.41) is 8.71. The molecule has 2 nitrogen and oxygen atoms in total. The summed E-state index contributed by atoms with van der Waals surface area (Å²) < 4.78 is 0. The van der Waals surface area contributed by atoms with E-state index in [4.69, 9.17) is 5.11 Å². The van der Waals surface area contributed by atoms with E-state index < -0.39 is 5.97 Å². The molecule has 0 aromatic heterocycles. The number of rotatable bonds is 17. The predicted octanol–water partition coefficient (Wildman–Crippen LogP) is 7.13. The van der Waals surface area contributed by atoms with Crippen molar-refractivity contribution in [3.8, 4) is 0 Å². The van der Waals surface area contributed by atoms with E-state index >= 15 is 0 Å². The third-order valence-electron chi connectivity index (χ3n) is 4.56. The zero-order chi connectivity index (χ0) is 17.3. The Labute approximate surface area is 144 Å². The minimum Gasteiger partial charge on any atom is -0.478 e. The summed E-state index contributed by atoms with van der Waals surface area (Å²) in [5.74, 6) is 0.0240. The first-order valence-corrected chi connectivity index (χ1v) is 9.95. The van der Waals surface area contributed by atoms with Crippen LogP contribution in [0.1, 0.15) is 110 Å². The van der Waals surface area contributed by atoms with Gasteiger partial charge in [-0.15, -0.1) is 0 Å². The van der Waals surface area contributed by atoms with E-state index in [9.17, 15) is 4.79 Å². The van der Waals surface area contributed by atoms with Gasteiger partial charge >= 0.3 is 5.97 Å². The summed E-state index contributed by atoms with van der Waals surface area (Å²) in [4.78, 5) is 10.6. The topological polar surface area (TPSA) is 37.3 Å². The third-order valence-corrected chi connectivity index (χ3v) is 4.56. The Morgan fingerprint density at radius 3 is 1.43 bits per heavy atom. The Morgan fingerprint density at radius 2 is 1.09 bits per heavy atom. The van der Waals surface area contributed by atoms with Gasteiger partial charge in [0, 0.05) is 5.57 Å². The minimum absolute atomic E-state index is 0.356. The van der Waals surface area contributed by atoms with E-state index in [1.54, 1.807) is 0 Å². The maximum Gasteiger partial charge on any atom is 0.330 e. The molecule has 1 N–H and O–H groups in total. The fourth-order valence-electron chi connectivity index (χ4n) is 2.94. The fourth-order valence-corrected chi connectivity index (χ4v) is 2.94. The highest BCUT2D eigenvalue weighted by atomic mass is 16.4. The average molecular weight is 325 g/mol. The molecule has 0 fully saturated rings. The summed E-state index contributed by atoms with van der Waals surface area (Å²) in [5.41, 5.74) is 0.356. The Morgan fingerprint density at radius 1 is 0.739 bits per heavy atom. The predicted molar refractivity (Wildman–Crippen MR) is 101 cm³/mol. The van der Waals surface area contributed by atoms with Gasteiger partial charge in [-0.3, -0.25) is 0 Å². The van der Waals surface area contributed by atoms with Crippen LogP contribution in [0.3, 0.4) is 0 Å². The number of aliphatic carboxylic acids is 1. The molecule has 0 radical (unpaired) electrons. The standard InChI is InChI=1S/C21H40O2/c1-19(2)17-15-13-11-9-7-5-4-6-8-10-12-14-16-18-20(3)21(22)23/h19H,3-18H2,1-2H3,(H,22,23). The molecule has 0 bridgehead atoms. The molecule has 2 heteroatoms. The zero-order valence-electron chi connectivity index (χ0n) is 15.7. The number of hydrogen-bond donors (Lipinski definition) is 1. The molecule has 0 amide bonds. The first-order valence-electron chi connectivity index (χ1n) is 9.95. The van der Waals surface area contributed by atoms with Crippen LogP contribution in [0.4, 0.5) is 0 Å². The molecule has 0 aliphatic rings. The fraction of sp³-hybridized carbons (Fsp3) is 0.857. The molecule has 0 rings (SSSR count). The summed E-state index contributed by atoms with van der Waals surface area (Å²) >= 11 is 0. The molecule has 0 aliphatic heterocycles. The third kappa shape index (κ3) is 17.4. The normalized spacial score (nSPS) is 11.1. The highest BCUT2D eigenvalue weighted by molar-refractivity contribution is 5.85. The van der Waals surface area contributed by atoms with Crippen LogP contribution in [0.25, 0.3) is 0 Å². The van der Waals surface area contributed by atoms with Crippen molar-refractivity contribution >= 4 is 5.97 Å². The number of carbonyl (C=O) groups is 1. The lowest BCUT2D eigenvalue weighted by molar-refractivity contribution is -0.132. The van der Waals surface area contributed by atoms with E-state index in [1.165, 1.54) is 77.0 Å². The van der Waals surface area contributed by atoms with E-state index in [-0.39, 0.29) is 0 Å². The van der Waals surface area contributed by atoms with Gasteiger partial charge in [0.2, 0.25) is 0 Å². The van der Waals surface area contributed by atoms with Crippen LogP contribution >= 0.6 is 0 Å². The van der Waals surface area contributed by atoms with E-state index in [2.05, 4.69) is 20.4 Å². The molecule has 23 heavy (non-hydrogen) atoms. The van der Waals surface area contributed by atoms with Crippen molar-refractivity contribution < 1.29 is 9.90 Å². The molecule has 0 aromatic carbocycles. The van der Waals surface area contributed by atoms with Gasteiger partial charge in [0.1, 0.15) is 0 Å². The van der Waals surface area contributed by atoms with Gasteiger partial charge in [-0.2, -0.15) is 0 Å². The van der Waals surface area contributed by atoms with Gasteiger partial charge in [0.15, 0.2) is 0 Å². The van der Waals surface area contributed by atoms with Gasteiger partial charge in [-0.25, -0.2) is 4.79 Å². The van der Waals surface area contributed by atoms with Gasteiger partial charge in [-0.1, -0.05) is 104 Å². The lowest BCUT2D eigenvalue weighted by atomic mass is 10.0. The van der Waals surface area contributed by atoms with E-state index in [0.717, 1.165) is 18.8 Å². The van der Waals surface area contributed by atoms with Crippen LogP contribution in [0.2, 0.25) is 0 Å². The molecule has 136 valence electrons. The van der Waals surface area contributed by atoms with Crippen molar-refractivity contribution in [1.82, 2.24) is 0 Å². The number of unbranched alkanes of at least 4 members (excludes halogenated alkanes) is 12. The summed E-state index contributed by atoms with van der Waals surface area (Å²) in [7, 11) is 0. The lowest BCUT2D eigenvalue weighted by Gasteiger charge is -2.05. The summed E-state index contributed by atoms with van der Waals surface area (Å²) in [6, 6.07) is 0. The average Bonchev–Trinajstić information content (AvgIpc) is 2.50. The van der Waals surface area contributed by atoms with Crippen LogP contribution in [0, 0.1) is 5.92 Å². The quantitative estimate of drug-likeness (QED) is 0.228. The minimum atomic E-state index is -0.843. The molecule has 0 unspecified atom stereocenters. The van der Waals surface area contributed by atoms with Gasteiger partial charge < -0.3 is 5.11 Å². The lowest BCUT2D eigenvalue weighted by Crippen LogP contribution is -1.98. The summed E-state index contributed by atoms with van der Waals surface area (Å²) in [6.07, 6.45) is 19.3. The van der Waals surface area contributed by atoms with Crippen molar-refractivity contribution in [1.29, 1.82) is 0 Å². The molecule has 0 aliphatic carbocycles. The number of hydrogen-bond acceptors (Lipinski definition) is 1. The SMILES string of the molecule is C=C(CCCCCCCCCCCCCCCC(C)C)C(=O)O. The van der Waals surface area contributed by atoms with Gasteiger partial charge in [0.25, 0.3) is 0 Å². The van der Waals surface area contributed by atoms with Gasteiger partial charge in [0.05, 0.1) is 0 Å². The second-order valence-corrected chi connectivity index (χ2v) is 7.44. The van der Waals surface area contributed by atoms with Crippen LogP contribution in [-0.2, 0) is 4.79 Å². The second kappa shape index (κ2) is 16.1. The highest BCUT2D eigenvalue weighted by Crippen LogP contribution is 2.15. The molecule has 0 saturated carbocycles. The van der Waals surface area contributed by atoms with Crippen molar-refractivity contribution in [2.75, 3.05) is 0 Å². The molecular formula is C21H40O2. The van der Waals surface area contributed by atoms with Crippen LogP contribution in [-0.4, -0.2) is 11.1 Å². The zero-order valence-corrected chi connectivity index (χ0v) is 15.7. The van der Waals surface area contributed by atoms with Crippen LogP contribution in [0.15, 0.2) is 12.2 Å². The highest BCUT2D eigenvalue weighted by Gasteiger charge is 2.02. The van der Waals surface area contributed by atoms with Crippen molar-refractivity contribution in [3.63, 3.8) is 0 Å². The Bertz CT molecular complexity index is 294. The van der Waals surface area contributed by atoms with Crippen LogP contribution < -0.4 is 0 Å². The Hall–Kier alpha value is -0.790. The van der Waals surface area contributed by atoms with Crippen molar-refractivity contribution in [2.24, 2.45) is 5.92 Å². The smallest absolute Gasteiger partial charge is 0.330 e. The first kappa shape index (κ1) is 22.2. The van der Waals surface area contributed by atoms with Gasteiger partial charge in [-0.05, 0) is 18.8 Å². The van der Waals surface area contributed by atoms with Crippen LogP contribution in [0.5, 0.6) is 0 Å². The largest absolute Gasteiger partial charge is 0.478 e. The number of carboxylic acid groups (broad SMARTS) is 1. The molecule has 0 aromatic rings. The monoisotopic (exact) mass is 324 g/mol. The van der Waals surface area contributed by atoms with E-state index in [1.807, 2.05) is 0 Å². The molecule has 0 atom stereocenters. The van der Waals surface area contributed by atoms with Crippen molar-refractivity contribution in [3.05, 3.63) is 12.2 Å². The molecular weight excluding hydrogens is 284 g/mol. The molecule has 0 heterocycles. The maximum atomic E-state index is 10.6. The van der Waals surface area contributed by atoms with Crippen molar-refractivity contribution in [2.45, 2.75) is 110 Å².